The molecule has 138 valence electrons. The summed E-state index contributed by atoms with van der Waals surface area (Å²) in [5.41, 5.74) is 4.99. The number of oxazole rings is 1. The van der Waals surface area contributed by atoms with Gasteiger partial charge in [0.2, 0.25) is 11.0 Å². The lowest BCUT2D eigenvalue weighted by Gasteiger charge is -2.02. The minimum Gasteiger partial charge on any atom is -0.469 e. The fourth-order valence-corrected chi connectivity index (χ4v) is 3.60. The second-order valence-corrected chi connectivity index (χ2v) is 7.26. The SMILES string of the molecule is Cc1ccc(-c2nc(CSc3nnc(-c4ccoc4C)n3N)co2)c(C)c1. The molecule has 7 nitrogen and oxygen atoms in total. The molecule has 0 fully saturated rings. The van der Waals surface area contributed by atoms with E-state index in [1.165, 1.54) is 22.0 Å². The van der Waals surface area contributed by atoms with Gasteiger partial charge in [-0.2, -0.15) is 0 Å². The van der Waals surface area contributed by atoms with Crippen molar-refractivity contribution in [3.8, 4) is 22.8 Å². The van der Waals surface area contributed by atoms with Gasteiger partial charge in [-0.15, -0.1) is 10.2 Å². The number of rotatable bonds is 5. The molecule has 3 heterocycles. The molecule has 0 radical (unpaired) electrons. The molecule has 27 heavy (non-hydrogen) atoms. The van der Waals surface area contributed by atoms with Crippen LogP contribution in [0, 0.1) is 20.8 Å². The maximum atomic E-state index is 6.14. The van der Waals surface area contributed by atoms with Crippen LogP contribution >= 0.6 is 11.8 Å². The van der Waals surface area contributed by atoms with E-state index < -0.39 is 0 Å². The van der Waals surface area contributed by atoms with E-state index in [1.54, 1.807) is 12.5 Å². The molecule has 1 aromatic carbocycles. The molecular weight excluding hydrogens is 362 g/mol. The van der Waals surface area contributed by atoms with Crippen LogP contribution in [-0.4, -0.2) is 19.9 Å². The number of benzene rings is 1. The van der Waals surface area contributed by atoms with Crippen LogP contribution in [0.1, 0.15) is 22.6 Å². The number of nitrogen functional groups attached to an aromatic ring is 1. The Morgan fingerprint density at radius 3 is 2.67 bits per heavy atom. The van der Waals surface area contributed by atoms with Gasteiger partial charge in [0.15, 0.2) is 5.82 Å². The monoisotopic (exact) mass is 381 g/mol. The minimum absolute atomic E-state index is 0.569. The summed E-state index contributed by atoms with van der Waals surface area (Å²) >= 11 is 1.45. The molecule has 0 amide bonds. The van der Waals surface area contributed by atoms with Crippen LogP contribution in [0.5, 0.6) is 0 Å². The van der Waals surface area contributed by atoms with E-state index in [4.69, 9.17) is 14.7 Å². The second kappa shape index (κ2) is 6.96. The molecule has 0 unspecified atom stereocenters. The van der Waals surface area contributed by atoms with Crippen LogP contribution in [0.2, 0.25) is 0 Å². The van der Waals surface area contributed by atoms with Gasteiger partial charge < -0.3 is 14.7 Å². The maximum Gasteiger partial charge on any atom is 0.226 e. The van der Waals surface area contributed by atoms with E-state index in [1.807, 2.05) is 19.1 Å². The molecule has 4 rings (SSSR count). The van der Waals surface area contributed by atoms with Crippen molar-refractivity contribution in [3.05, 3.63) is 59.4 Å². The van der Waals surface area contributed by atoms with E-state index in [0.717, 1.165) is 28.1 Å². The average molecular weight is 381 g/mol. The van der Waals surface area contributed by atoms with Gasteiger partial charge in [0.25, 0.3) is 0 Å². The minimum atomic E-state index is 0.569. The lowest BCUT2D eigenvalue weighted by atomic mass is 10.1. The van der Waals surface area contributed by atoms with E-state index in [0.29, 0.717) is 22.6 Å². The molecule has 0 aliphatic rings. The van der Waals surface area contributed by atoms with Crippen LogP contribution in [0.15, 0.2) is 50.8 Å². The Hall–Kier alpha value is -3.00. The van der Waals surface area contributed by atoms with Gasteiger partial charge in [-0.25, -0.2) is 9.66 Å². The number of aromatic nitrogens is 4. The number of hydrogen-bond donors (Lipinski definition) is 1. The zero-order chi connectivity index (χ0) is 19.0. The van der Waals surface area contributed by atoms with Gasteiger partial charge in [-0.05, 0) is 38.5 Å². The summed E-state index contributed by atoms with van der Waals surface area (Å²) in [6.07, 6.45) is 3.27. The highest BCUT2D eigenvalue weighted by Crippen LogP contribution is 2.28. The van der Waals surface area contributed by atoms with Gasteiger partial charge in [0.1, 0.15) is 12.0 Å². The van der Waals surface area contributed by atoms with E-state index in [-0.39, 0.29) is 0 Å². The normalized spacial score (nSPS) is 11.2. The van der Waals surface area contributed by atoms with E-state index >= 15 is 0 Å². The number of nitrogens with two attached hydrogens (primary N) is 1. The van der Waals surface area contributed by atoms with Crippen LogP contribution in [0.25, 0.3) is 22.8 Å². The Morgan fingerprint density at radius 2 is 1.93 bits per heavy atom. The fraction of sp³-hybridized carbons (Fsp3) is 0.211. The number of aryl methyl sites for hydroxylation is 3. The average Bonchev–Trinajstić information content (AvgIpc) is 3.34. The van der Waals surface area contributed by atoms with Crippen LogP contribution < -0.4 is 5.84 Å². The Kier molecular flexibility index (Phi) is 4.49. The summed E-state index contributed by atoms with van der Waals surface area (Å²) in [5.74, 6) is 8.66. The summed E-state index contributed by atoms with van der Waals surface area (Å²) in [7, 11) is 0. The summed E-state index contributed by atoms with van der Waals surface area (Å²) < 4.78 is 12.4. The maximum absolute atomic E-state index is 6.14. The molecule has 0 saturated carbocycles. The van der Waals surface area contributed by atoms with Crippen LogP contribution in [-0.2, 0) is 5.75 Å². The zero-order valence-electron chi connectivity index (χ0n) is 15.3. The first-order chi connectivity index (χ1) is 13.0. The Morgan fingerprint density at radius 1 is 1.07 bits per heavy atom. The second-order valence-electron chi connectivity index (χ2n) is 6.32. The molecule has 0 saturated heterocycles. The first-order valence-corrected chi connectivity index (χ1v) is 9.41. The molecule has 0 aliphatic carbocycles. The predicted octanol–water partition coefficient (Wildman–Crippen LogP) is 4.12. The molecular formula is C19H19N5O2S. The number of thioether (sulfide) groups is 1. The van der Waals surface area contributed by atoms with Gasteiger partial charge in [-0.1, -0.05) is 29.5 Å². The lowest BCUT2D eigenvalue weighted by molar-refractivity contribution is 0.535. The van der Waals surface area contributed by atoms with Crippen LogP contribution in [0.4, 0.5) is 0 Å². The smallest absolute Gasteiger partial charge is 0.226 e. The standard InChI is InChI=1S/C19H19N5O2S/c1-11-4-5-15(12(2)8-11)18-21-14(9-26-18)10-27-19-23-22-17(24(19)20)16-6-7-25-13(16)3/h4-9H,10,20H2,1-3H3. The first-order valence-electron chi connectivity index (χ1n) is 8.42. The van der Waals surface area contributed by atoms with Crippen LogP contribution in [0.3, 0.4) is 0 Å². The van der Waals surface area contributed by atoms with Crippen molar-refractivity contribution in [1.82, 2.24) is 19.9 Å². The molecule has 3 aromatic heterocycles. The largest absolute Gasteiger partial charge is 0.469 e. The number of furan rings is 1. The van der Waals surface area contributed by atoms with Crippen molar-refractivity contribution < 1.29 is 8.83 Å². The van der Waals surface area contributed by atoms with Gasteiger partial charge in [0.05, 0.1) is 17.5 Å². The highest BCUT2D eigenvalue weighted by atomic mass is 32.2. The third-order valence-corrected chi connectivity index (χ3v) is 5.25. The summed E-state index contributed by atoms with van der Waals surface area (Å²) in [6, 6.07) is 8.02. The van der Waals surface area contributed by atoms with Crippen molar-refractivity contribution in [2.24, 2.45) is 0 Å². The number of nitrogens with zero attached hydrogens (tertiary/aromatic N) is 4. The zero-order valence-corrected chi connectivity index (χ0v) is 16.1. The summed E-state index contributed by atoms with van der Waals surface area (Å²) in [6.45, 7) is 5.98. The van der Waals surface area contributed by atoms with Crippen molar-refractivity contribution in [2.45, 2.75) is 31.7 Å². The summed E-state index contributed by atoms with van der Waals surface area (Å²) in [5, 5.41) is 8.93. The van der Waals surface area contributed by atoms with Crippen molar-refractivity contribution in [1.29, 1.82) is 0 Å². The van der Waals surface area contributed by atoms with E-state index in [9.17, 15) is 0 Å². The molecule has 0 atom stereocenters. The molecule has 2 N–H and O–H groups in total. The lowest BCUT2D eigenvalue weighted by Crippen LogP contribution is -2.11. The molecule has 0 bridgehead atoms. The molecule has 0 spiro atoms. The molecule has 0 aliphatic heterocycles. The topological polar surface area (TPSA) is 95.9 Å². The quantitative estimate of drug-likeness (QED) is 0.410. The first kappa shape index (κ1) is 17.4. The summed E-state index contributed by atoms with van der Waals surface area (Å²) in [4.78, 5) is 4.59. The highest BCUT2D eigenvalue weighted by molar-refractivity contribution is 7.98. The van der Waals surface area contributed by atoms with E-state index in [2.05, 4.69) is 41.2 Å². The van der Waals surface area contributed by atoms with Gasteiger partial charge in [0, 0.05) is 11.3 Å². The Labute approximate surface area is 160 Å². The molecule has 4 aromatic rings. The highest BCUT2D eigenvalue weighted by Gasteiger charge is 2.16. The molecule has 8 heteroatoms. The van der Waals surface area contributed by atoms with Crippen molar-refractivity contribution >= 4 is 11.8 Å². The van der Waals surface area contributed by atoms with Crippen molar-refractivity contribution in [2.75, 3.05) is 5.84 Å². The van der Waals surface area contributed by atoms with Gasteiger partial charge in [-0.3, -0.25) is 0 Å². The van der Waals surface area contributed by atoms with Gasteiger partial charge >= 0.3 is 0 Å². The number of hydrogen-bond acceptors (Lipinski definition) is 7. The predicted molar refractivity (Wildman–Crippen MR) is 104 cm³/mol. The Balaban J connectivity index is 1.50. The Bertz CT molecular complexity index is 1100. The van der Waals surface area contributed by atoms with Crippen molar-refractivity contribution in [3.63, 3.8) is 0 Å². The fourth-order valence-electron chi connectivity index (χ4n) is 2.87. The third kappa shape index (κ3) is 3.35. The third-order valence-electron chi connectivity index (χ3n) is 4.28.